The van der Waals surface area contributed by atoms with Gasteiger partial charge in [-0.3, -0.25) is 9.59 Å². The molecule has 1 unspecified atom stereocenters. The first-order valence-corrected chi connectivity index (χ1v) is 9.42. The Morgan fingerprint density at radius 3 is 2.11 bits per heavy atom. The zero-order valence-electron chi connectivity index (χ0n) is 15.8. The number of nitrogens with zero attached hydrogens (tertiary/aromatic N) is 2. The van der Waals surface area contributed by atoms with E-state index >= 15 is 0 Å². The molecule has 1 saturated heterocycles. The molecule has 2 aromatic rings. The van der Waals surface area contributed by atoms with Crippen molar-refractivity contribution < 1.29 is 9.59 Å². The van der Waals surface area contributed by atoms with Crippen molar-refractivity contribution in [2.24, 2.45) is 5.73 Å². The summed E-state index contributed by atoms with van der Waals surface area (Å²) in [5, 5.41) is 0.599. The van der Waals surface area contributed by atoms with E-state index in [0.717, 1.165) is 11.1 Å². The fourth-order valence-corrected chi connectivity index (χ4v) is 3.51. The molecule has 2 amide bonds. The van der Waals surface area contributed by atoms with E-state index in [1.165, 1.54) is 0 Å². The summed E-state index contributed by atoms with van der Waals surface area (Å²) in [6.07, 6.45) is 0.270. The van der Waals surface area contributed by atoms with E-state index in [4.69, 9.17) is 17.3 Å². The second-order valence-corrected chi connectivity index (χ2v) is 7.42. The number of hydrogen-bond acceptors (Lipinski definition) is 3. The van der Waals surface area contributed by atoms with Gasteiger partial charge in [0.15, 0.2) is 0 Å². The van der Waals surface area contributed by atoms with Gasteiger partial charge in [-0.05, 0) is 24.1 Å². The van der Waals surface area contributed by atoms with E-state index in [1.54, 1.807) is 22.8 Å². The molecular formula is C21H25Cl2N3O2. The molecule has 0 radical (unpaired) electrons. The van der Waals surface area contributed by atoms with Gasteiger partial charge < -0.3 is 15.5 Å². The van der Waals surface area contributed by atoms with Crippen LogP contribution in [-0.2, 0) is 21.5 Å². The first-order valence-electron chi connectivity index (χ1n) is 9.04. The van der Waals surface area contributed by atoms with Gasteiger partial charge >= 0.3 is 0 Å². The second kappa shape index (κ2) is 9.41. The molecule has 0 spiro atoms. The van der Waals surface area contributed by atoms with Crippen LogP contribution in [0.4, 0.5) is 0 Å². The predicted molar refractivity (Wildman–Crippen MR) is 114 cm³/mol. The maximum Gasteiger partial charge on any atom is 0.247 e. The van der Waals surface area contributed by atoms with Crippen LogP contribution in [0.1, 0.15) is 18.1 Å². The molecule has 1 heterocycles. The van der Waals surface area contributed by atoms with Crippen molar-refractivity contribution >= 4 is 35.8 Å². The third-order valence-corrected chi connectivity index (χ3v) is 5.41. The minimum absolute atomic E-state index is 0. The number of rotatable bonds is 4. The molecule has 0 aliphatic carbocycles. The van der Waals surface area contributed by atoms with Gasteiger partial charge in [-0.1, -0.05) is 60.1 Å². The molecule has 0 aromatic heterocycles. The van der Waals surface area contributed by atoms with Gasteiger partial charge in [-0.25, -0.2) is 0 Å². The summed E-state index contributed by atoms with van der Waals surface area (Å²) in [5.41, 5.74) is 6.87. The standard InChI is InChI=1S/C21H24ClN3O2.ClH/c1-21(23,17-8-3-2-4-9-17)20(27)25-13-11-24(12-14-25)19(26)15-16-7-5-6-10-18(16)22;/h2-10H,11-15,23H2,1H3;1H. The highest BCUT2D eigenvalue weighted by Gasteiger charge is 2.36. The van der Waals surface area contributed by atoms with Crippen LogP contribution in [-0.4, -0.2) is 47.8 Å². The number of piperazine rings is 1. The van der Waals surface area contributed by atoms with Crippen LogP contribution in [0.5, 0.6) is 0 Å². The zero-order chi connectivity index (χ0) is 19.4. The summed E-state index contributed by atoms with van der Waals surface area (Å²) in [7, 11) is 0. The van der Waals surface area contributed by atoms with Gasteiger partial charge in [0.25, 0.3) is 0 Å². The molecule has 0 bridgehead atoms. The first kappa shape index (κ1) is 22.2. The van der Waals surface area contributed by atoms with E-state index in [2.05, 4.69) is 0 Å². The monoisotopic (exact) mass is 421 g/mol. The molecule has 1 aliphatic rings. The molecule has 150 valence electrons. The highest BCUT2D eigenvalue weighted by atomic mass is 35.5. The minimum Gasteiger partial charge on any atom is -0.339 e. The zero-order valence-corrected chi connectivity index (χ0v) is 17.4. The van der Waals surface area contributed by atoms with Crippen molar-refractivity contribution in [3.8, 4) is 0 Å². The molecule has 5 nitrogen and oxygen atoms in total. The Balaban J connectivity index is 0.00000280. The summed E-state index contributed by atoms with van der Waals surface area (Å²) in [6, 6.07) is 16.7. The van der Waals surface area contributed by atoms with E-state index in [1.807, 2.05) is 48.5 Å². The highest BCUT2D eigenvalue weighted by Crippen LogP contribution is 2.22. The highest BCUT2D eigenvalue weighted by molar-refractivity contribution is 6.31. The van der Waals surface area contributed by atoms with Crippen molar-refractivity contribution in [1.29, 1.82) is 0 Å². The number of benzene rings is 2. The van der Waals surface area contributed by atoms with E-state index in [9.17, 15) is 9.59 Å². The van der Waals surface area contributed by atoms with Crippen LogP contribution >= 0.6 is 24.0 Å². The van der Waals surface area contributed by atoms with Crippen LogP contribution in [0.15, 0.2) is 54.6 Å². The smallest absolute Gasteiger partial charge is 0.247 e. The lowest BCUT2D eigenvalue weighted by Crippen LogP contribution is -2.57. The Morgan fingerprint density at radius 2 is 1.50 bits per heavy atom. The maximum absolute atomic E-state index is 12.9. The number of halogens is 2. The maximum atomic E-state index is 12.9. The first-order chi connectivity index (χ1) is 12.9. The quantitative estimate of drug-likeness (QED) is 0.824. The number of carbonyl (C=O) groups excluding carboxylic acids is 2. The molecule has 1 fully saturated rings. The summed E-state index contributed by atoms with van der Waals surface area (Å²) in [4.78, 5) is 29.0. The van der Waals surface area contributed by atoms with Crippen molar-refractivity contribution in [2.45, 2.75) is 18.9 Å². The lowest BCUT2D eigenvalue weighted by atomic mass is 9.91. The average molecular weight is 422 g/mol. The van der Waals surface area contributed by atoms with Gasteiger partial charge in [-0.15, -0.1) is 12.4 Å². The Labute approximate surface area is 176 Å². The molecule has 2 N–H and O–H groups in total. The molecule has 1 atom stereocenters. The molecule has 28 heavy (non-hydrogen) atoms. The number of amides is 2. The van der Waals surface area contributed by atoms with Gasteiger partial charge in [-0.2, -0.15) is 0 Å². The fraction of sp³-hybridized carbons (Fsp3) is 0.333. The van der Waals surface area contributed by atoms with Gasteiger partial charge in [0.05, 0.1) is 6.42 Å². The van der Waals surface area contributed by atoms with Crippen molar-refractivity contribution in [3.05, 3.63) is 70.7 Å². The SMILES string of the molecule is CC(N)(C(=O)N1CCN(C(=O)Cc2ccccc2Cl)CC1)c1ccccc1.Cl. The van der Waals surface area contributed by atoms with Crippen LogP contribution in [0, 0.1) is 0 Å². The topological polar surface area (TPSA) is 66.6 Å². The Hall–Kier alpha value is -2.08. The van der Waals surface area contributed by atoms with Crippen LogP contribution in [0.3, 0.4) is 0 Å². The lowest BCUT2D eigenvalue weighted by Gasteiger charge is -2.38. The van der Waals surface area contributed by atoms with Crippen LogP contribution < -0.4 is 5.73 Å². The second-order valence-electron chi connectivity index (χ2n) is 7.01. The molecule has 3 rings (SSSR count). The molecule has 7 heteroatoms. The van der Waals surface area contributed by atoms with Gasteiger partial charge in [0.2, 0.25) is 11.8 Å². The van der Waals surface area contributed by atoms with Crippen molar-refractivity contribution in [2.75, 3.05) is 26.2 Å². The van der Waals surface area contributed by atoms with Crippen LogP contribution in [0.25, 0.3) is 0 Å². The molecule has 1 aliphatic heterocycles. The third kappa shape index (κ3) is 4.85. The number of nitrogens with two attached hydrogens (primary N) is 1. The largest absolute Gasteiger partial charge is 0.339 e. The molecular weight excluding hydrogens is 397 g/mol. The van der Waals surface area contributed by atoms with E-state index in [0.29, 0.717) is 31.2 Å². The average Bonchev–Trinajstić information content (AvgIpc) is 2.70. The predicted octanol–water partition coefficient (Wildman–Crippen LogP) is 2.85. The van der Waals surface area contributed by atoms with Crippen LogP contribution in [0.2, 0.25) is 5.02 Å². The molecule has 0 saturated carbocycles. The lowest BCUT2D eigenvalue weighted by molar-refractivity contribution is -0.142. The Kier molecular flexibility index (Phi) is 7.47. The fourth-order valence-electron chi connectivity index (χ4n) is 3.31. The number of hydrogen-bond donors (Lipinski definition) is 1. The van der Waals surface area contributed by atoms with E-state index < -0.39 is 5.54 Å². The van der Waals surface area contributed by atoms with Gasteiger partial charge in [0.1, 0.15) is 5.54 Å². The van der Waals surface area contributed by atoms with Crippen molar-refractivity contribution in [3.63, 3.8) is 0 Å². The minimum atomic E-state index is -1.08. The van der Waals surface area contributed by atoms with E-state index in [-0.39, 0.29) is 30.6 Å². The normalized spacial score (nSPS) is 16.1. The summed E-state index contributed by atoms with van der Waals surface area (Å²) in [5.74, 6) is -0.0966. The Bertz CT molecular complexity index is 819. The molecule has 2 aromatic carbocycles. The number of carbonyl (C=O) groups is 2. The Morgan fingerprint density at radius 1 is 0.964 bits per heavy atom. The third-order valence-electron chi connectivity index (χ3n) is 5.04. The summed E-state index contributed by atoms with van der Waals surface area (Å²) < 4.78 is 0. The summed E-state index contributed by atoms with van der Waals surface area (Å²) in [6.45, 7) is 3.69. The van der Waals surface area contributed by atoms with Gasteiger partial charge in [0, 0.05) is 31.2 Å². The summed E-state index contributed by atoms with van der Waals surface area (Å²) >= 11 is 6.14. The van der Waals surface area contributed by atoms with Crippen molar-refractivity contribution in [1.82, 2.24) is 9.80 Å².